The molecule has 1 unspecified atom stereocenters. The first kappa shape index (κ1) is 15.2. The number of nitrogens with zero attached hydrogens (tertiary/aromatic N) is 1. The van der Waals surface area contributed by atoms with Gasteiger partial charge in [0.15, 0.2) is 0 Å². The van der Waals surface area contributed by atoms with Gasteiger partial charge in [0.25, 0.3) is 0 Å². The number of nitrogens with one attached hydrogen (secondary N) is 1. The zero-order chi connectivity index (χ0) is 15.2. The Labute approximate surface area is 124 Å². The number of Topliss-reactive ketones (excluding diaryl/α,β-unsaturated/α-hetero) is 1. The standard InChI is InChI=1S/C16H20N2O3/c1-12-2-4-13(5-3-12)10-15(17-11-19)16(21)18-8-6-14(20)7-9-18/h2-5,11,15H,6-10H2,1H3,(H,17,19). The van der Waals surface area contributed by atoms with Gasteiger partial charge in [0.2, 0.25) is 12.3 Å². The highest BCUT2D eigenvalue weighted by Gasteiger charge is 2.27. The van der Waals surface area contributed by atoms with E-state index in [-0.39, 0.29) is 11.7 Å². The number of carbonyl (C=O) groups is 3. The zero-order valence-corrected chi connectivity index (χ0v) is 12.2. The van der Waals surface area contributed by atoms with Crippen molar-refractivity contribution in [2.24, 2.45) is 0 Å². The lowest BCUT2D eigenvalue weighted by molar-refractivity contribution is -0.137. The Hall–Kier alpha value is -2.17. The molecule has 0 saturated carbocycles. The number of amides is 2. The molecule has 1 aliphatic heterocycles. The van der Waals surface area contributed by atoms with Crippen molar-refractivity contribution in [1.29, 1.82) is 0 Å². The topological polar surface area (TPSA) is 66.5 Å². The summed E-state index contributed by atoms with van der Waals surface area (Å²) in [6.45, 7) is 2.89. The van der Waals surface area contributed by atoms with Crippen molar-refractivity contribution in [2.75, 3.05) is 13.1 Å². The second kappa shape index (κ2) is 7.02. The van der Waals surface area contributed by atoms with Crippen LogP contribution in [0, 0.1) is 6.92 Å². The molecule has 0 bridgehead atoms. The van der Waals surface area contributed by atoms with Gasteiger partial charge in [-0.1, -0.05) is 29.8 Å². The van der Waals surface area contributed by atoms with Crippen LogP contribution in [0.15, 0.2) is 24.3 Å². The molecule has 0 aromatic heterocycles. The van der Waals surface area contributed by atoms with Gasteiger partial charge in [0.1, 0.15) is 11.8 Å². The maximum atomic E-state index is 12.5. The normalized spacial score (nSPS) is 16.4. The van der Waals surface area contributed by atoms with Crippen molar-refractivity contribution >= 4 is 18.1 Å². The Morgan fingerprint density at radius 3 is 2.48 bits per heavy atom. The molecule has 1 aliphatic rings. The largest absolute Gasteiger partial charge is 0.347 e. The molecule has 0 aliphatic carbocycles. The van der Waals surface area contributed by atoms with Crippen LogP contribution in [0.2, 0.25) is 0 Å². The summed E-state index contributed by atoms with van der Waals surface area (Å²) in [4.78, 5) is 36.1. The summed E-state index contributed by atoms with van der Waals surface area (Å²) in [5.74, 6) is 0.0765. The van der Waals surface area contributed by atoms with Crippen LogP contribution in [-0.4, -0.2) is 42.1 Å². The van der Waals surface area contributed by atoms with E-state index in [0.29, 0.717) is 38.8 Å². The summed E-state index contributed by atoms with van der Waals surface area (Å²) in [7, 11) is 0. The monoisotopic (exact) mass is 288 g/mol. The fraction of sp³-hybridized carbons (Fsp3) is 0.438. The SMILES string of the molecule is Cc1ccc(CC(NC=O)C(=O)N2CCC(=O)CC2)cc1. The van der Waals surface area contributed by atoms with Crippen molar-refractivity contribution in [3.63, 3.8) is 0 Å². The van der Waals surface area contributed by atoms with E-state index in [4.69, 9.17) is 0 Å². The van der Waals surface area contributed by atoms with E-state index in [9.17, 15) is 14.4 Å². The minimum atomic E-state index is -0.571. The van der Waals surface area contributed by atoms with Crippen LogP contribution in [0.25, 0.3) is 0 Å². The highest BCUT2D eigenvalue weighted by Crippen LogP contribution is 2.11. The Balaban J connectivity index is 2.03. The second-order valence-corrected chi connectivity index (χ2v) is 5.39. The first-order valence-corrected chi connectivity index (χ1v) is 7.16. The fourth-order valence-corrected chi connectivity index (χ4v) is 2.46. The third-order valence-electron chi connectivity index (χ3n) is 3.76. The van der Waals surface area contributed by atoms with Crippen molar-refractivity contribution in [3.8, 4) is 0 Å². The summed E-state index contributed by atoms with van der Waals surface area (Å²) in [5.41, 5.74) is 2.15. The van der Waals surface area contributed by atoms with Gasteiger partial charge in [0.05, 0.1) is 0 Å². The Bertz CT molecular complexity index is 515. The Morgan fingerprint density at radius 1 is 1.29 bits per heavy atom. The molecule has 0 radical (unpaired) electrons. The average Bonchev–Trinajstić information content (AvgIpc) is 2.49. The molecule has 2 rings (SSSR count). The molecular formula is C16H20N2O3. The summed E-state index contributed by atoms with van der Waals surface area (Å²) in [6.07, 6.45) is 1.84. The molecule has 112 valence electrons. The number of piperidine rings is 1. The molecule has 1 heterocycles. The number of benzene rings is 1. The molecule has 0 spiro atoms. The van der Waals surface area contributed by atoms with Gasteiger partial charge >= 0.3 is 0 Å². The smallest absolute Gasteiger partial charge is 0.245 e. The van der Waals surface area contributed by atoms with E-state index in [0.717, 1.165) is 11.1 Å². The van der Waals surface area contributed by atoms with Gasteiger partial charge in [-0.3, -0.25) is 14.4 Å². The van der Waals surface area contributed by atoms with Gasteiger partial charge in [0, 0.05) is 32.4 Å². The zero-order valence-electron chi connectivity index (χ0n) is 12.2. The molecule has 1 fully saturated rings. The molecule has 5 heteroatoms. The van der Waals surface area contributed by atoms with Crippen LogP contribution < -0.4 is 5.32 Å². The Kier molecular flexibility index (Phi) is 5.09. The molecular weight excluding hydrogens is 268 g/mol. The first-order valence-electron chi connectivity index (χ1n) is 7.16. The Morgan fingerprint density at radius 2 is 1.90 bits per heavy atom. The molecule has 1 aromatic rings. The average molecular weight is 288 g/mol. The van der Waals surface area contributed by atoms with Crippen LogP contribution >= 0.6 is 0 Å². The highest BCUT2D eigenvalue weighted by molar-refractivity contribution is 5.87. The minimum absolute atomic E-state index is 0.116. The fourth-order valence-electron chi connectivity index (χ4n) is 2.46. The minimum Gasteiger partial charge on any atom is -0.347 e. The number of aryl methyl sites for hydroxylation is 1. The number of ketones is 1. The first-order chi connectivity index (χ1) is 10.1. The van der Waals surface area contributed by atoms with Crippen molar-refractivity contribution in [2.45, 2.75) is 32.2 Å². The maximum absolute atomic E-state index is 12.5. The van der Waals surface area contributed by atoms with E-state index in [2.05, 4.69) is 5.32 Å². The summed E-state index contributed by atoms with van der Waals surface area (Å²) >= 11 is 0. The van der Waals surface area contributed by atoms with Gasteiger partial charge in [-0.25, -0.2) is 0 Å². The lowest BCUT2D eigenvalue weighted by Crippen LogP contribution is -2.50. The number of rotatable bonds is 5. The predicted octanol–water partition coefficient (Wildman–Crippen LogP) is 0.844. The van der Waals surface area contributed by atoms with Gasteiger partial charge < -0.3 is 10.2 Å². The van der Waals surface area contributed by atoms with E-state index >= 15 is 0 Å². The summed E-state index contributed by atoms with van der Waals surface area (Å²) in [5, 5.41) is 2.60. The van der Waals surface area contributed by atoms with Gasteiger partial charge in [-0.2, -0.15) is 0 Å². The quantitative estimate of drug-likeness (QED) is 0.817. The number of likely N-dealkylation sites (tertiary alicyclic amines) is 1. The van der Waals surface area contributed by atoms with Crippen LogP contribution in [0.3, 0.4) is 0 Å². The molecule has 2 amide bonds. The third-order valence-corrected chi connectivity index (χ3v) is 3.76. The van der Waals surface area contributed by atoms with E-state index in [1.807, 2.05) is 31.2 Å². The predicted molar refractivity (Wildman–Crippen MR) is 78.7 cm³/mol. The van der Waals surface area contributed by atoms with Crippen LogP contribution in [0.1, 0.15) is 24.0 Å². The molecule has 1 atom stereocenters. The van der Waals surface area contributed by atoms with Gasteiger partial charge in [-0.05, 0) is 12.5 Å². The van der Waals surface area contributed by atoms with E-state index < -0.39 is 6.04 Å². The summed E-state index contributed by atoms with van der Waals surface area (Å²) in [6, 6.07) is 7.32. The lowest BCUT2D eigenvalue weighted by Gasteiger charge is -2.29. The van der Waals surface area contributed by atoms with Crippen LogP contribution in [0.5, 0.6) is 0 Å². The third kappa shape index (κ3) is 4.15. The van der Waals surface area contributed by atoms with Crippen LogP contribution in [-0.2, 0) is 20.8 Å². The molecule has 1 N–H and O–H groups in total. The van der Waals surface area contributed by atoms with E-state index in [1.54, 1.807) is 4.90 Å². The van der Waals surface area contributed by atoms with Crippen molar-refractivity contribution in [1.82, 2.24) is 10.2 Å². The van der Waals surface area contributed by atoms with Crippen molar-refractivity contribution in [3.05, 3.63) is 35.4 Å². The highest BCUT2D eigenvalue weighted by atomic mass is 16.2. The summed E-state index contributed by atoms with van der Waals surface area (Å²) < 4.78 is 0. The maximum Gasteiger partial charge on any atom is 0.245 e. The van der Waals surface area contributed by atoms with Gasteiger partial charge in [-0.15, -0.1) is 0 Å². The van der Waals surface area contributed by atoms with E-state index in [1.165, 1.54) is 0 Å². The van der Waals surface area contributed by atoms with Crippen LogP contribution in [0.4, 0.5) is 0 Å². The molecule has 5 nitrogen and oxygen atoms in total. The number of carbonyl (C=O) groups excluding carboxylic acids is 3. The molecule has 1 saturated heterocycles. The van der Waals surface area contributed by atoms with Crippen molar-refractivity contribution < 1.29 is 14.4 Å². The lowest BCUT2D eigenvalue weighted by atomic mass is 10.0. The number of hydrogen-bond acceptors (Lipinski definition) is 3. The molecule has 21 heavy (non-hydrogen) atoms. The molecule has 1 aromatic carbocycles. The second-order valence-electron chi connectivity index (χ2n) is 5.39. The number of hydrogen-bond donors (Lipinski definition) is 1.